The van der Waals surface area contributed by atoms with Crippen molar-refractivity contribution >= 4 is 5.91 Å². The maximum absolute atomic E-state index is 12.4. The topological polar surface area (TPSA) is 23.6 Å². The Morgan fingerprint density at radius 2 is 1.91 bits per heavy atom. The molecule has 23 heavy (non-hydrogen) atoms. The summed E-state index contributed by atoms with van der Waals surface area (Å²) in [4.78, 5) is 17.0. The van der Waals surface area contributed by atoms with Crippen molar-refractivity contribution < 1.29 is 4.79 Å². The van der Waals surface area contributed by atoms with Crippen LogP contribution in [-0.4, -0.2) is 41.9 Å². The van der Waals surface area contributed by atoms with Gasteiger partial charge in [0.25, 0.3) is 0 Å². The molecule has 0 radical (unpaired) electrons. The van der Waals surface area contributed by atoms with Gasteiger partial charge in [0.15, 0.2) is 0 Å². The highest BCUT2D eigenvalue weighted by Gasteiger charge is 2.26. The van der Waals surface area contributed by atoms with Gasteiger partial charge in [-0.2, -0.15) is 0 Å². The van der Waals surface area contributed by atoms with Crippen molar-refractivity contribution in [3.05, 3.63) is 48.0 Å². The molecule has 0 saturated carbocycles. The summed E-state index contributed by atoms with van der Waals surface area (Å²) in [6, 6.07) is 11.1. The molecule has 1 aliphatic heterocycles. The molecule has 3 heteroatoms. The molecule has 1 amide bonds. The Morgan fingerprint density at radius 3 is 2.57 bits per heavy atom. The fourth-order valence-corrected chi connectivity index (χ4v) is 3.74. The van der Waals surface area contributed by atoms with E-state index in [1.165, 1.54) is 5.56 Å². The van der Waals surface area contributed by atoms with Crippen LogP contribution in [0.2, 0.25) is 0 Å². The second-order valence-electron chi connectivity index (χ2n) is 6.97. The molecular weight excluding hydrogens is 284 g/mol. The molecule has 1 aromatic carbocycles. The van der Waals surface area contributed by atoms with E-state index in [0.29, 0.717) is 24.3 Å². The highest BCUT2D eigenvalue weighted by molar-refractivity contribution is 5.76. The van der Waals surface area contributed by atoms with E-state index >= 15 is 0 Å². The summed E-state index contributed by atoms with van der Waals surface area (Å²) < 4.78 is 0. The fraction of sp³-hybridized carbons (Fsp3) is 0.550. The molecule has 3 nitrogen and oxygen atoms in total. The molecule has 1 atom stereocenters. The first-order valence-electron chi connectivity index (χ1n) is 8.91. The summed E-state index contributed by atoms with van der Waals surface area (Å²) in [6.07, 6.45) is 9.59. The van der Waals surface area contributed by atoms with E-state index < -0.39 is 0 Å². The van der Waals surface area contributed by atoms with Gasteiger partial charge < -0.3 is 4.90 Å². The number of nitrogens with zero attached hydrogens (tertiary/aromatic N) is 2. The fourth-order valence-electron chi connectivity index (χ4n) is 3.74. The van der Waals surface area contributed by atoms with Crippen LogP contribution in [0.25, 0.3) is 0 Å². The molecule has 0 N–H and O–H groups in total. The maximum Gasteiger partial charge on any atom is 0.223 e. The average Bonchev–Trinajstić information content (AvgIpc) is 3.09. The van der Waals surface area contributed by atoms with Crippen LogP contribution in [0.4, 0.5) is 0 Å². The zero-order valence-corrected chi connectivity index (χ0v) is 14.2. The van der Waals surface area contributed by atoms with E-state index in [2.05, 4.69) is 47.4 Å². The van der Waals surface area contributed by atoms with Gasteiger partial charge in [-0.1, -0.05) is 42.5 Å². The Bertz CT molecular complexity index is 532. The second kappa shape index (κ2) is 7.78. The Labute approximate surface area is 140 Å². The number of rotatable bonds is 5. The largest absolute Gasteiger partial charge is 0.343 e. The van der Waals surface area contributed by atoms with Gasteiger partial charge in [0.1, 0.15) is 0 Å². The quantitative estimate of drug-likeness (QED) is 0.777. The van der Waals surface area contributed by atoms with Gasteiger partial charge in [-0.3, -0.25) is 9.69 Å². The lowest BCUT2D eigenvalue weighted by Crippen LogP contribution is -2.45. The lowest BCUT2D eigenvalue weighted by molar-refractivity contribution is -0.133. The highest BCUT2D eigenvalue weighted by Crippen LogP contribution is 2.23. The van der Waals surface area contributed by atoms with Gasteiger partial charge >= 0.3 is 0 Å². The van der Waals surface area contributed by atoms with E-state index in [9.17, 15) is 4.79 Å². The predicted molar refractivity (Wildman–Crippen MR) is 94.0 cm³/mol. The SMILES string of the molecule is CN(C(=O)CC1C=CCC1)C1CCN(Cc2ccccc2)CC1. The van der Waals surface area contributed by atoms with Crippen LogP contribution in [0.1, 0.15) is 37.7 Å². The van der Waals surface area contributed by atoms with Crippen LogP contribution < -0.4 is 0 Å². The van der Waals surface area contributed by atoms with Crippen molar-refractivity contribution in [2.24, 2.45) is 5.92 Å². The summed E-state index contributed by atoms with van der Waals surface area (Å²) in [5.74, 6) is 0.797. The number of amides is 1. The standard InChI is InChI=1S/C20H28N2O/c1-21(20(23)15-17-7-5-6-8-17)19-11-13-22(14-12-19)16-18-9-3-2-4-10-18/h2-5,7,9-10,17,19H,6,8,11-16H2,1H3. The smallest absolute Gasteiger partial charge is 0.223 e. The number of benzene rings is 1. The number of carbonyl (C=O) groups excluding carboxylic acids is 1. The average molecular weight is 312 g/mol. The lowest BCUT2D eigenvalue weighted by Gasteiger charge is -2.37. The third kappa shape index (κ3) is 4.44. The molecule has 0 spiro atoms. The molecule has 1 saturated heterocycles. The number of likely N-dealkylation sites (tertiary alicyclic amines) is 1. The number of carbonyl (C=O) groups is 1. The van der Waals surface area contributed by atoms with E-state index in [1.807, 2.05) is 11.9 Å². The number of hydrogen-bond donors (Lipinski definition) is 0. The molecule has 3 rings (SSSR count). The molecule has 1 unspecified atom stereocenters. The summed E-state index contributed by atoms with van der Waals surface area (Å²) in [5, 5.41) is 0. The Balaban J connectivity index is 1.44. The Hall–Kier alpha value is -1.61. The van der Waals surface area contributed by atoms with Crippen LogP contribution in [0.3, 0.4) is 0 Å². The minimum Gasteiger partial charge on any atom is -0.343 e. The van der Waals surface area contributed by atoms with Crippen LogP contribution in [-0.2, 0) is 11.3 Å². The molecule has 1 heterocycles. The van der Waals surface area contributed by atoms with Gasteiger partial charge in [-0.25, -0.2) is 0 Å². The van der Waals surface area contributed by atoms with E-state index in [0.717, 1.165) is 45.3 Å². The van der Waals surface area contributed by atoms with Crippen LogP contribution in [0, 0.1) is 5.92 Å². The van der Waals surface area contributed by atoms with Gasteiger partial charge in [-0.15, -0.1) is 0 Å². The van der Waals surface area contributed by atoms with Crippen LogP contribution in [0.15, 0.2) is 42.5 Å². The van der Waals surface area contributed by atoms with Crippen molar-refractivity contribution in [1.82, 2.24) is 9.80 Å². The van der Waals surface area contributed by atoms with E-state index in [4.69, 9.17) is 0 Å². The van der Waals surface area contributed by atoms with Crippen molar-refractivity contribution in [1.29, 1.82) is 0 Å². The monoisotopic (exact) mass is 312 g/mol. The van der Waals surface area contributed by atoms with Gasteiger partial charge in [0.2, 0.25) is 5.91 Å². The first-order chi connectivity index (χ1) is 11.2. The first kappa shape index (κ1) is 16.3. The molecule has 1 fully saturated rings. The van der Waals surface area contributed by atoms with Crippen LogP contribution in [0.5, 0.6) is 0 Å². The number of allylic oxidation sites excluding steroid dienone is 2. The number of hydrogen-bond acceptors (Lipinski definition) is 2. The zero-order valence-electron chi connectivity index (χ0n) is 14.2. The van der Waals surface area contributed by atoms with Crippen molar-refractivity contribution in [3.63, 3.8) is 0 Å². The third-order valence-electron chi connectivity index (χ3n) is 5.30. The minimum absolute atomic E-state index is 0.322. The summed E-state index contributed by atoms with van der Waals surface area (Å²) in [7, 11) is 2.00. The normalized spacial score (nSPS) is 22.4. The van der Waals surface area contributed by atoms with Crippen LogP contribution >= 0.6 is 0 Å². The summed E-state index contributed by atoms with van der Waals surface area (Å²) >= 11 is 0. The van der Waals surface area contributed by atoms with Gasteiger partial charge in [0.05, 0.1) is 0 Å². The molecule has 1 aromatic rings. The third-order valence-corrected chi connectivity index (χ3v) is 5.30. The highest BCUT2D eigenvalue weighted by atomic mass is 16.2. The molecule has 1 aliphatic carbocycles. The lowest BCUT2D eigenvalue weighted by atomic mass is 10.00. The maximum atomic E-state index is 12.4. The van der Waals surface area contributed by atoms with Crippen molar-refractivity contribution in [2.45, 2.75) is 44.7 Å². The molecular formula is C20H28N2O. The summed E-state index contributed by atoms with van der Waals surface area (Å²) in [5.41, 5.74) is 1.38. The summed E-state index contributed by atoms with van der Waals surface area (Å²) in [6.45, 7) is 3.19. The second-order valence-corrected chi connectivity index (χ2v) is 6.97. The molecule has 0 bridgehead atoms. The molecule has 2 aliphatic rings. The minimum atomic E-state index is 0.322. The first-order valence-corrected chi connectivity index (χ1v) is 8.91. The molecule has 124 valence electrons. The van der Waals surface area contributed by atoms with E-state index in [1.54, 1.807) is 0 Å². The Kier molecular flexibility index (Phi) is 5.50. The number of piperidine rings is 1. The van der Waals surface area contributed by atoms with Gasteiger partial charge in [-0.05, 0) is 37.2 Å². The zero-order chi connectivity index (χ0) is 16.1. The van der Waals surface area contributed by atoms with Crippen molar-refractivity contribution in [3.8, 4) is 0 Å². The predicted octanol–water partition coefficient (Wildman–Crippen LogP) is 3.47. The van der Waals surface area contributed by atoms with Crippen molar-refractivity contribution in [2.75, 3.05) is 20.1 Å². The Morgan fingerprint density at radius 1 is 1.17 bits per heavy atom. The molecule has 0 aromatic heterocycles. The van der Waals surface area contributed by atoms with E-state index in [-0.39, 0.29) is 0 Å². The van der Waals surface area contributed by atoms with Gasteiger partial charge in [0, 0.05) is 39.1 Å².